The van der Waals surface area contributed by atoms with Crippen LogP contribution in [0.25, 0.3) is 0 Å². The largest absolute Gasteiger partial charge is 0.341 e. The van der Waals surface area contributed by atoms with E-state index in [4.69, 9.17) is 5.73 Å². The molecule has 2 aromatic heterocycles. The monoisotopic (exact) mass is 300 g/mol. The number of carbonyl (C=O) groups excluding carboxylic acids is 1. The average molecular weight is 300 g/mol. The number of rotatable bonds is 3. The highest BCUT2D eigenvalue weighted by molar-refractivity contribution is 7.09. The lowest BCUT2D eigenvalue weighted by molar-refractivity contribution is 0.0911. The van der Waals surface area contributed by atoms with Crippen molar-refractivity contribution in [3.05, 3.63) is 46.2 Å². The Hall–Kier alpha value is -2.23. The number of amides is 1. The van der Waals surface area contributed by atoms with Gasteiger partial charge in [0.25, 0.3) is 5.91 Å². The number of nitrogens with two attached hydrogens (primary N) is 1. The number of aromatic nitrogens is 2. The van der Waals surface area contributed by atoms with Crippen molar-refractivity contribution in [1.29, 1.82) is 0 Å². The summed E-state index contributed by atoms with van der Waals surface area (Å²) in [5.74, 6) is 5.39. The van der Waals surface area contributed by atoms with Gasteiger partial charge in [-0.15, -0.1) is 11.3 Å². The van der Waals surface area contributed by atoms with E-state index in [1.54, 1.807) is 18.5 Å². The van der Waals surface area contributed by atoms with Crippen LogP contribution in [0.1, 0.15) is 34.8 Å². The van der Waals surface area contributed by atoms with E-state index in [1.165, 1.54) is 17.5 Å². The van der Waals surface area contributed by atoms with Crippen LogP contribution in [0.4, 0.5) is 0 Å². The molecule has 6 heteroatoms. The first-order valence-corrected chi connectivity index (χ1v) is 7.27. The van der Waals surface area contributed by atoms with Gasteiger partial charge in [0.1, 0.15) is 5.01 Å². The maximum Gasteiger partial charge on any atom is 0.253 e. The van der Waals surface area contributed by atoms with E-state index in [1.807, 2.05) is 19.2 Å². The van der Waals surface area contributed by atoms with Gasteiger partial charge in [-0.25, -0.2) is 4.98 Å². The third-order valence-electron chi connectivity index (χ3n) is 2.73. The molecule has 0 fully saturated rings. The highest BCUT2D eigenvalue weighted by atomic mass is 32.1. The zero-order valence-electron chi connectivity index (χ0n) is 11.9. The minimum atomic E-state index is -0.538. The standard InChI is InChI=1S/C15H16N4OS/c1-15(2,14-18-6-7-21-14)19-13(20)12-8-11(4-3-5-16)9-17-10-12/h6-10H,5,16H2,1-2H3,(H,19,20). The van der Waals surface area contributed by atoms with Gasteiger partial charge in [-0.1, -0.05) is 11.8 Å². The van der Waals surface area contributed by atoms with Crippen molar-refractivity contribution in [2.24, 2.45) is 5.73 Å². The summed E-state index contributed by atoms with van der Waals surface area (Å²) >= 11 is 1.50. The highest BCUT2D eigenvalue weighted by Crippen LogP contribution is 2.22. The molecule has 5 nitrogen and oxygen atoms in total. The molecule has 3 N–H and O–H groups in total. The Balaban J connectivity index is 2.17. The van der Waals surface area contributed by atoms with E-state index in [0.29, 0.717) is 11.1 Å². The van der Waals surface area contributed by atoms with Crippen LogP contribution in [0.15, 0.2) is 30.0 Å². The van der Waals surface area contributed by atoms with Crippen LogP contribution in [0, 0.1) is 11.8 Å². The number of pyridine rings is 1. The van der Waals surface area contributed by atoms with Gasteiger partial charge in [0, 0.05) is 29.5 Å². The van der Waals surface area contributed by atoms with Gasteiger partial charge >= 0.3 is 0 Å². The van der Waals surface area contributed by atoms with Crippen LogP contribution < -0.4 is 11.1 Å². The molecule has 21 heavy (non-hydrogen) atoms. The Morgan fingerprint density at radius 3 is 2.95 bits per heavy atom. The first-order valence-electron chi connectivity index (χ1n) is 6.39. The van der Waals surface area contributed by atoms with Gasteiger partial charge in [-0.3, -0.25) is 9.78 Å². The van der Waals surface area contributed by atoms with Crippen molar-refractivity contribution in [3.63, 3.8) is 0 Å². The summed E-state index contributed by atoms with van der Waals surface area (Å²) < 4.78 is 0. The topological polar surface area (TPSA) is 80.9 Å². The fraction of sp³-hybridized carbons (Fsp3) is 0.267. The molecule has 0 aromatic carbocycles. The number of hydrogen-bond donors (Lipinski definition) is 2. The van der Waals surface area contributed by atoms with Crippen molar-refractivity contribution in [2.75, 3.05) is 6.54 Å². The third-order valence-corrected chi connectivity index (χ3v) is 3.83. The Bertz CT molecular complexity index is 683. The zero-order chi connectivity index (χ0) is 15.3. The first kappa shape index (κ1) is 15.2. The number of nitrogens with zero attached hydrogens (tertiary/aromatic N) is 2. The lowest BCUT2D eigenvalue weighted by Gasteiger charge is -2.23. The quantitative estimate of drug-likeness (QED) is 0.842. The van der Waals surface area contributed by atoms with Crippen molar-refractivity contribution in [3.8, 4) is 11.8 Å². The number of nitrogens with one attached hydrogen (secondary N) is 1. The van der Waals surface area contributed by atoms with Gasteiger partial charge in [-0.2, -0.15) is 0 Å². The van der Waals surface area contributed by atoms with E-state index >= 15 is 0 Å². The summed E-state index contributed by atoms with van der Waals surface area (Å²) in [6.07, 6.45) is 4.84. The second-order valence-corrected chi connectivity index (χ2v) is 5.78. The molecule has 0 aliphatic carbocycles. The second-order valence-electron chi connectivity index (χ2n) is 4.88. The molecular formula is C15H16N4OS. The molecule has 0 atom stereocenters. The SMILES string of the molecule is CC(C)(NC(=O)c1cncc(C#CCN)c1)c1nccs1. The molecule has 0 aliphatic rings. The van der Waals surface area contributed by atoms with E-state index in [0.717, 1.165) is 5.01 Å². The molecule has 0 aliphatic heterocycles. The summed E-state index contributed by atoms with van der Waals surface area (Å²) in [5, 5.41) is 5.69. The average Bonchev–Trinajstić information content (AvgIpc) is 3.00. The maximum absolute atomic E-state index is 12.3. The van der Waals surface area contributed by atoms with Crippen molar-refractivity contribution in [1.82, 2.24) is 15.3 Å². The predicted octanol–water partition coefficient (Wildman–Crippen LogP) is 1.51. The Kier molecular flexibility index (Phi) is 4.68. The van der Waals surface area contributed by atoms with Gasteiger partial charge < -0.3 is 11.1 Å². The van der Waals surface area contributed by atoms with Crippen molar-refractivity contribution in [2.45, 2.75) is 19.4 Å². The molecule has 2 heterocycles. The third kappa shape index (κ3) is 3.88. The fourth-order valence-electron chi connectivity index (χ4n) is 1.73. The van der Waals surface area contributed by atoms with E-state index < -0.39 is 5.54 Å². The molecular weight excluding hydrogens is 284 g/mol. The minimum Gasteiger partial charge on any atom is -0.341 e. The highest BCUT2D eigenvalue weighted by Gasteiger charge is 2.26. The summed E-state index contributed by atoms with van der Waals surface area (Å²) in [6, 6.07) is 1.70. The smallest absolute Gasteiger partial charge is 0.253 e. The lowest BCUT2D eigenvalue weighted by atomic mass is 10.1. The summed E-state index contributed by atoms with van der Waals surface area (Å²) in [7, 11) is 0. The summed E-state index contributed by atoms with van der Waals surface area (Å²) in [4.78, 5) is 20.6. The van der Waals surface area contributed by atoms with E-state index in [9.17, 15) is 4.79 Å². The molecule has 0 saturated heterocycles. The van der Waals surface area contributed by atoms with Crippen LogP contribution in [0.3, 0.4) is 0 Å². The number of carbonyl (C=O) groups is 1. The van der Waals surface area contributed by atoms with E-state index in [-0.39, 0.29) is 12.5 Å². The van der Waals surface area contributed by atoms with Crippen molar-refractivity contribution < 1.29 is 4.79 Å². The zero-order valence-corrected chi connectivity index (χ0v) is 12.7. The minimum absolute atomic E-state index is 0.209. The van der Waals surface area contributed by atoms with Crippen LogP contribution >= 0.6 is 11.3 Å². The van der Waals surface area contributed by atoms with Gasteiger partial charge in [-0.05, 0) is 19.9 Å². The Morgan fingerprint density at radius 1 is 1.48 bits per heavy atom. The Labute approximate surface area is 127 Å². The fourth-order valence-corrected chi connectivity index (χ4v) is 2.45. The molecule has 0 saturated carbocycles. The Morgan fingerprint density at radius 2 is 2.29 bits per heavy atom. The predicted molar refractivity (Wildman–Crippen MR) is 82.8 cm³/mol. The molecule has 2 aromatic rings. The van der Waals surface area contributed by atoms with Crippen molar-refractivity contribution >= 4 is 17.2 Å². The van der Waals surface area contributed by atoms with Crippen LogP contribution in [0.5, 0.6) is 0 Å². The van der Waals surface area contributed by atoms with Crippen LogP contribution in [-0.2, 0) is 5.54 Å². The molecule has 0 spiro atoms. The van der Waals surface area contributed by atoms with Gasteiger partial charge in [0.15, 0.2) is 0 Å². The summed E-state index contributed by atoms with van der Waals surface area (Å²) in [5.41, 5.74) is 5.92. The van der Waals surface area contributed by atoms with Crippen LogP contribution in [0.2, 0.25) is 0 Å². The molecule has 0 unspecified atom stereocenters. The first-order chi connectivity index (χ1) is 10.0. The van der Waals surface area contributed by atoms with Gasteiger partial charge in [0.05, 0.1) is 17.6 Å². The normalized spacial score (nSPS) is 10.6. The molecule has 0 radical (unpaired) electrons. The summed E-state index contributed by atoms with van der Waals surface area (Å²) in [6.45, 7) is 4.10. The van der Waals surface area contributed by atoms with E-state index in [2.05, 4.69) is 27.1 Å². The molecule has 0 bridgehead atoms. The number of thiazole rings is 1. The van der Waals surface area contributed by atoms with Crippen LogP contribution in [-0.4, -0.2) is 22.4 Å². The maximum atomic E-state index is 12.3. The second kappa shape index (κ2) is 6.48. The number of hydrogen-bond acceptors (Lipinski definition) is 5. The lowest BCUT2D eigenvalue weighted by Crippen LogP contribution is -2.41. The molecule has 108 valence electrons. The molecule has 1 amide bonds. The molecule has 2 rings (SSSR count). The van der Waals surface area contributed by atoms with Gasteiger partial charge in [0.2, 0.25) is 0 Å².